The Morgan fingerprint density at radius 3 is 2.38 bits per heavy atom. The molecule has 21 heavy (non-hydrogen) atoms. The van der Waals surface area contributed by atoms with Crippen LogP contribution in [-0.4, -0.2) is 5.91 Å². The normalized spacial score (nSPS) is 12.2. The van der Waals surface area contributed by atoms with E-state index >= 15 is 0 Å². The average molecular weight is 303 g/mol. The van der Waals surface area contributed by atoms with Gasteiger partial charge in [-0.3, -0.25) is 4.79 Å². The number of hydrogen-bond donors (Lipinski definition) is 2. The summed E-state index contributed by atoms with van der Waals surface area (Å²) < 4.78 is 0. The molecule has 2 rings (SSSR count). The minimum atomic E-state index is -0.188. The predicted molar refractivity (Wildman–Crippen MR) is 87.4 cm³/mol. The van der Waals surface area contributed by atoms with Crippen molar-refractivity contribution in [2.75, 3.05) is 5.73 Å². The number of anilines is 1. The van der Waals surface area contributed by atoms with Gasteiger partial charge in [0.15, 0.2) is 0 Å². The second kappa shape index (κ2) is 6.64. The van der Waals surface area contributed by atoms with Crippen LogP contribution < -0.4 is 11.1 Å². The van der Waals surface area contributed by atoms with Gasteiger partial charge in [-0.15, -0.1) is 0 Å². The highest BCUT2D eigenvalue weighted by atomic mass is 35.5. The highest BCUT2D eigenvalue weighted by Crippen LogP contribution is 2.23. The molecule has 2 aromatic carbocycles. The number of amides is 1. The summed E-state index contributed by atoms with van der Waals surface area (Å²) in [6, 6.07) is 14.7. The molecule has 0 aliphatic heterocycles. The van der Waals surface area contributed by atoms with Gasteiger partial charge in [-0.2, -0.15) is 0 Å². The molecular formula is C17H19ClN2O. The van der Waals surface area contributed by atoms with E-state index in [9.17, 15) is 4.79 Å². The van der Waals surface area contributed by atoms with Crippen LogP contribution in [0.5, 0.6) is 0 Å². The quantitative estimate of drug-likeness (QED) is 0.837. The third-order valence-corrected chi connectivity index (χ3v) is 3.61. The minimum absolute atomic E-state index is 0.0613. The minimum Gasteiger partial charge on any atom is -0.398 e. The summed E-state index contributed by atoms with van der Waals surface area (Å²) in [4.78, 5) is 12.4. The largest absolute Gasteiger partial charge is 0.398 e. The number of nitrogens with two attached hydrogens (primary N) is 1. The summed E-state index contributed by atoms with van der Waals surface area (Å²) in [6.07, 6.45) is 0. The van der Waals surface area contributed by atoms with Gasteiger partial charge in [0.05, 0.1) is 11.6 Å². The number of nitrogen functional groups attached to an aromatic ring is 1. The Morgan fingerprint density at radius 1 is 1.14 bits per heavy atom. The standard InChI is InChI=1S/C17H19ClN2O/c1-11(2)16(12-6-4-3-5-7-12)20-17(21)14-9-8-13(18)10-15(14)19/h3-11,16H,19H2,1-2H3,(H,20,21). The summed E-state index contributed by atoms with van der Waals surface area (Å²) >= 11 is 5.86. The Balaban J connectivity index is 2.23. The van der Waals surface area contributed by atoms with E-state index in [4.69, 9.17) is 17.3 Å². The lowest BCUT2D eigenvalue weighted by molar-refractivity contribution is 0.0926. The van der Waals surface area contributed by atoms with E-state index < -0.39 is 0 Å². The number of rotatable bonds is 4. The van der Waals surface area contributed by atoms with E-state index in [1.54, 1.807) is 18.2 Å². The van der Waals surface area contributed by atoms with Crippen LogP contribution in [0.25, 0.3) is 0 Å². The summed E-state index contributed by atoms with van der Waals surface area (Å²) in [6.45, 7) is 4.15. The lowest BCUT2D eigenvalue weighted by atomic mass is 9.95. The van der Waals surface area contributed by atoms with E-state index in [2.05, 4.69) is 19.2 Å². The Kier molecular flexibility index (Phi) is 4.86. The van der Waals surface area contributed by atoms with Crippen molar-refractivity contribution in [3.8, 4) is 0 Å². The summed E-state index contributed by atoms with van der Waals surface area (Å²) in [5.41, 5.74) is 7.77. The average Bonchev–Trinajstić information content (AvgIpc) is 2.45. The summed E-state index contributed by atoms with van der Waals surface area (Å²) in [5.74, 6) is 0.0802. The van der Waals surface area contributed by atoms with Crippen LogP contribution in [-0.2, 0) is 0 Å². The molecule has 0 heterocycles. The van der Waals surface area contributed by atoms with E-state index in [0.717, 1.165) is 5.56 Å². The third kappa shape index (κ3) is 3.76. The van der Waals surface area contributed by atoms with Crippen molar-refractivity contribution in [1.82, 2.24) is 5.32 Å². The Labute approximate surface area is 130 Å². The molecule has 1 atom stereocenters. The van der Waals surface area contributed by atoms with Crippen molar-refractivity contribution in [3.05, 3.63) is 64.7 Å². The first-order chi connectivity index (χ1) is 9.99. The molecule has 0 aromatic heterocycles. The maximum absolute atomic E-state index is 12.4. The van der Waals surface area contributed by atoms with Crippen molar-refractivity contribution in [1.29, 1.82) is 0 Å². The Bertz CT molecular complexity index is 626. The van der Waals surface area contributed by atoms with Crippen molar-refractivity contribution >= 4 is 23.2 Å². The fourth-order valence-electron chi connectivity index (χ4n) is 2.25. The molecule has 1 unspecified atom stereocenters. The first-order valence-corrected chi connectivity index (χ1v) is 7.27. The number of hydrogen-bond acceptors (Lipinski definition) is 2. The van der Waals surface area contributed by atoms with Gasteiger partial charge in [-0.05, 0) is 29.7 Å². The zero-order valence-corrected chi connectivity index (χ0v) is 12.9. The van der Waals surface area contributed by atoms with Gasteiger partial charge >= 0.3 is 0 Å². The van der Waals surface area contributed by atoms with Crippen molar-refractivity contribution < 1.29 is 4.79 Å². The smallest absolute Gasteiger partial charge is 0.253 e. The lowest BCUT2D eigenvalue weighted by Gasteiger charge is -2.23. The second-order valence-electron chi connectivity index (χ2n) is 5.34. The van der Waals surface area contributed by atoms with Crippen LogP contribution in [0.1, 0.15) is 35.8 Å². The second-order valence-corrected chi connectivity index (χ2v) is 5.77. The monoisotopic (exact) mass is 302 g/mol. The molecule has 4 heteroatoms. The van der Waals surface area contributed by atoms with Crippen LogP contribution in [0, 0.1) is 5.92 Å². The maximum atomic E-state index is 12.4. The molecule has 3 N–H and O–H groups in total. The van der Waals surface area contributed by atoms with Gasteiger partial charge in [-0.1, -0.05) is 55.8 Å². The van der Waals surface area contributed by atoms with Crippen LogP contribution in [0.15, 0.2) is 48.5 Å². The fourth-order valence-corrected chi connectivity index (χ4v) is 2.44. The molecule has 3 nitrogen and oxygen atoms in total. The SMILES string of the molecule is CC(C)C(NC(=O)c1ccc(Cl)cc1N)c1ccccc1. The molecule has 0 bridgehead atoms. The highest BCUT2D eigenvalue weighted by Gasteiger charge is 2.20. The van der Waals surface area contributed by atoms with Gasteiger partial charge in [0, 0.05) is 10.7 Å². The number of halogens is 1. The molecule has 0 saturated carbocycles. The molecule has 110 valence electrons. The van der Waals surface area contributed by atoms with E-state index in [1.807, 2.05) is 30.3 Å². The van der Waals surface area contributed by atoms with E-state index in [0.29, 0.717) is 16.3 Å². The molecular weight excluding hydrogens is 284 g/mol. The summed E-state index contributed by atoms with van der Waals surface area (Å²) in [7, 11) is 0. The van der Waals surface area contributed by atoms with E-state index in [1.165, 1.54) is 0 Å². The van der Waals surface area contributed by atoms with Crippen molar-refractivity contribution in [2.24, 2.45) is 5.92 Å². The predicted octanol–water partition coefficient (Wildman–Crippen LogP) is 4.05. The molecule has 0 spiro atoms. The van der Waals surface area contributed by atoms with Gasteiger partial charge in [-0.25, -0.2) is 0 Å². The first kappa shape index (κ1) is 15.4. The van der Waals surface area contributed by atoms with Crippen molar-refractivity contribution in [3.63, 3.8) is 0 Å². The van der Waals surface area contributed by atoms with Gasteiger partial charge in [0.1, 0.15) is 0 Å². The molecule has 0 fully saturated rings. The molecule has 2 aromatic rings. The fraction of sp³-hybridized carbons (Fsp3) is 0.235. The number of benzene rings is 2. The number of carbonyl (C=O) groups is 1. The Hall–Kier alpha value is -2.00. The molecule has 0 saturated heterocycles. The van der Waals surface area contributed by atoms with Crippen LogP contribution in [0.2, 0.25) is 5.02 Å². The van der Waals surface area contributed by atoms with E-state index in [-0.39, 0.29) is 17.9 Å². The summed E-state index contributed by atoms with van der Waals surface area (Å²) in [5, 5.41) is 3.57. The first-order valence-electron chi connectivity index (χ1n) is 6.90. The lowest BCUT2D eigenvalue weighted by Crippen LogP contribution is -2.32. The zero-order chi connectivity index (χ0) is 15.4. The number of carbonyl (C=O) groups excluding carboxylic acids is 1. The van der Waals surface area contributed by atoms with Crippen LogP contribution in [0.4, 0.5) is 5.69 Å². The van der Waals surface area contributed by atoms with Gasteiger partial charge < -0.3 is 11.1 Å². The third-order valence-electron chi connectivity index (χ3n) is 3.37. The highest BCUT2D eigenvalue weighted by molar-refractivity contribution is 6.31. The molecule has 0 aliphatic rings. The van der Waals surface area contributed by atoms with Crippen LogP contribution in [0.3, 0.4) is 0 Å². The topological polar surface area (TPSA) is 55.1 Å². The molecule has 0 radical (unpaired) electrons. The molecule has 0 aliphatic carbocycles. The van der Waals surface area contributed by atoms with Crippen LogP contribution >= 0.6 is 11.6 Å². The number of nitrogens with one attached hydrogen (secondary N) is 1. The van der Waals surface area contributed by atoms with Gasteiger partial charge in [0.25, 0.3) is 5.91 Å². The van der Waals surface area contributed by atoms with Crippen molar-refractivity contribution in [2.45, 2.75) is 19.9 Å². The Morgan fingerprint density at radius 2 is 1.81 bits per heavy atom. The zero-order valence-electron chi connectivity index (χ0n) is 12.1. The van der Waals surface area contributed by atoms with Gasteiger partial charge in [0.2, 0.25) is 0 Å². The maximum Gasteiger partial charge on any atom is 0.253 e. The molecule has 1 amide bonds.